The van der Waals surface area contributed by atoms with E-state index >= 15 is 0 Å². The van der Waals surface area contributed by atoms with E-state index in [4.69, 9.17) is 9.47 Å². The molecule has 0 bridgehead atoms. The summed E-state index contributed by atoms with van der Waals surface area (Å²) < 4.78 is 10.6. The highest BCUT2D eigenvalue weighted by molar-refractivity contribution is 5.96. The van der Waals surface area contributed by atoms with Crippen molar-refractivity contribution in [1.29, 1.82) is 0 Å². The third-order valence-corrected chi connectivity index (χ3v) is 6.52. The lowest BCUT2D eigenvalue weighted by Crippen LogP contribution is -2.40. The van der Waals surface area contributed by atoms with E-state index in [1.165, 1.54) is 0 Å². The Morgan fingerprint density at radius 3 is 2.56 bits per heavy atom. The summed E-state index contributed by atoms with van der Waals surface area (Å²) in [5.74, 6) is -2.79. The summed E-state index contributed by atoms with van der Waals surface area (Å²) in [7, 11) is 0. The summed E-state index contributed by atoms with van der Waals surface area (Å²) in [6.07, 6.45) is 3.68. The minimum absolute atomic E-state index is 0.148. The topological polar surface area (TPSA) is 118 Å². The van der Waals surface area contributed by atoms with Crippen LogP contribution in [0.15, 0.2) is 54.7 Å². The van der Waals surface area contributed by atoms with Crippen LogP contribution in [0.2, 0.25) is 0 Å². The van der Waals surface area contributed by atoms with Gasteiger partial charge in [0.1, 0.15) is 12.1 Å². The second kappa shape index (κ2) is 12.1. The summed E-state index contributed by atoms with van der Waals surface area (Å²) in [6, 6.07) is 15.4. The van der Waals surface area contributed by atoms with Crippen LogP contribution in [0.4, 0.5) is 5.69 Å². The van der Waals surface area contributed by atoms with E-state index in [-0.39, 0.29) is 18.7 Å². The predicted molar refractivity (Wildman–Crippen MR) is 147 cm³/mol. The number of carbonyl (C=O) groups excluding carboxylic acids is 4. The second-order valence-corrected chi connectivity index (χ2v) is 10.7. The molecule has 206 valence electrons. The van der Waals surface area contributed by atoms with Crippen LogP contribution in [0.3, 0.4) is 0 Å². The number of nitrogens with one attached hydrogen (secondary N) is 2. The monoisotopic (exact) mass is 533 g/mol. The van der Waals surface area contributed by atoms with Crippen LogP contribution in [0.25, 0.3) is 10.9 Å². The highest BCUT2D eigenvalue weighted by atomic mass is 16.6. The maximum Gasteiger partial charge on any atom is 0.325 e. The average molecular weight is 534 g/mol. The van der Waals surface area contributed by atoms with Gasteiger partial charge >= 0.3 is 11.9 Å². The molecule has 4 rings (SSSR count). The van der Waals surface area contributed by atoms with Crippen LogP contribution in [0.5, 0.6) is 0 Å². The summed E-state index contributed by atoms with van der Waals surface area (Å²) in [5.41, 5.74) is 3.03. The summed E-state index contributed by atoms with van der Waals surface area (Å²) >= 11 is 0. The van der Waals surface area contributed by atoms with Crippen LogP contribution in [0.1, 0.15) is 44.7 Å². The van der Waals surface area contributed by atoms with Crippen molar-refractivity contribution in [2.24, 2.45) is 5.92 Å². The van der Waals surface area contributed by atoms with Crippen LogP contribution < -0.4 is 10.2 Å². The highest BCUT2D eigenvalue weighted by Gasteiger charge is 2.28. The SMILES string of the molecule is CC(C)(C)OC(=O)C[C@@H](Cc1c[nH]c2ccccc12)C(=O)NCC(=O)OCC(=O)N1CCCc2ccccc21. The van der Waals surface area contributed by atoms with E-state index < -0.39 is 42.5 Å². The Kier molecular flexibility index (Phi) is 8.69. The standard InChI is InChI=1S/C30H35N3O6/c1-30(2,3)39-27(35)16-21(15-22-17-31-24-12-6-5-11-23(22)24)29(37)32-18-28(36)38-19-26(34)33-14-8-10-20-9-4-7-13-25(20)33/h4-7,9,11-13,17,21,31H,8,10,14-16,18-19H2,1-3H3,(H,32,37)/t21-/m1/s1. The molecule has 0 unspecified atom stereocenters. The lowest BCUT2D eigenvalue weighted by molar-refractivity contribution is -0.157. The Morgan fingerprint density at radius 1 is 1.03 bits per heavy atom. The summed E-state index contributed by atoms with van der Waals surface area (Å²) in [4.78, 5) is 55.6. The molecule has 2 amide bonds. The van der Waals surface area contributed by atoms with Crippen LogP contribution in [-0.4, -0.2) is 54.0 Å². The Labute approximate surface area is 227 Å². The molecule has 9 nitrogen and oxygen atoms in total. The molecular weight excluding hydrogens is 498 g/mol. The van der Waals surface area contributed by atoms with Crippen molar-refractivity contribution in [1.82, 2.24) is 10.3 Å². The zero-order valence-electron chi connectivity index (χ0n) is 22.6. The first-order valence-electron chi connectivity index (χ1n) is 13.2. The van der Waals surface area contributed by atoms with Crippen molar-refractivity contribution >= 4 is 40.3 Å². The number of aromatic nitrogens is 1. The Hall–Kier alpha value is -4.14. The molecule has 3 aromatic rings. The molecule has 0 saturated heterocycles. The molecule has 9 heteroatoms. The Balaban J connectivity index is 1.34. The summed E-state index contributed by atoms with van der Waals surface area (Å²) in [5, 5.41) is 3.53. The number of aromatic amines is 1. The molecule has 2 heterocycles. The normalized spacial score (nSPS) is 13.9. The molecule has 0 saturated carbocycles. The number of hydrogen-bond acceptors (Lipinski definition) is 6. The van der Waals surface area contributed by atoms with E-state index in [0.717, 1.165) is 40.6 Å². The molecule has 1 atom stereocenters. The first-order chi connectivity index (χ1) is 18.6. The number of amides is 2. The van der Waals surface area contributed by atoms with Crippen LogP contribution in [0, 0.1) is 5.92 Å². The van der Waals surface area contributed by atoms with Gasteiger partial charge in [-0.15, -0.1) is 0 Å². The van der Waals surface area contributed by atoms with Gasteiger partial charge < -0.3 is 24.7 Å². The molecule has 1 aliphatic heterocycles. The number of aryl methyl sites for hydroxylation is 1. The number of rotatable bonds is 9. The lowest BCUT2D eigenvalue weighted by Gasteiger charge is -2.29. The number of ether oxygens (including phenoxy) is 2. The van der Waals surface area contributed by atoms with Crippen LogP contribution in [-0.2, 0) is 41.5 Å². The molecule has 1 aromatic heterocycles. The Morgan fingerprint density at radius 2 is 1.77 bits per heavy atom. The van der Waals surface area contributed by atoms with Gasteiger partial charge in [-0.1, -0.05) is 36.4 Å². The van der Waals surface area contributed by atoms with Crippen molar-refractivity contribution in [3.05, 3.63) is 65.9 Å². The van der Waals surface area contributed by atoms with Crippen molar-refractivity contribution in [3.63, 3.8) is 0 Å². The van der Waals surface area contributed by atoms with Gasteiger partial charge in [-0.2, -0.15) is 0 Å². The lowest BCUT2D eigenvalue weighted by atomic mass is 9.94. The molecule has 0 aliphatic carbocycles. The van der Waals surface area contributed by atoms with Gasteiger partial charge in [-0.05, 0) is 63.3 Å². The van der Waals surface area contributed by atoms with Gasteiger partial charge in [0.15, 0.2) is 6.61 Å². The quantitative estimate of drug-likeness (QED) is 0.405. The second-order valence-electron chi connectivity index (χ2n) is 10.7. The minimum Gasteiger partial charge on any atom is -0.460 e. The third kappa shape index (κ3) is 7.46. The number of anilines is 1. The number of fused-ring (bicyclic) bond motifs is 2. The maximum absolute atomic E-state index is 13.1. The van der Waals surface area contributed by atoms with E-state index in [2.05, 4.69) is 10.3 Å². The molecule has 2 aromatic carbocycles. The van der Waals surface area contributed by atoms with Gasteiger partial charge in [0.05, 0.1) is 12.3 Å². The fourth-order valence-electron chi connectivity index (χ4n) is 4.78. The average Bonchev–Trinajstić information content (AvgIpc) is 3.31. The number of H-pyrrole nitrogens is 1. The van der Waals surface area contributed by atoms with E-state index in [1.807, 2.05) is 54.7 Å². The van der Waals surface area contributed by atoms with Gasteiger partial charge in [0.2, 0.25) is 5.91 Å². The van der Waals surface area contributed by atoms with Crippen molar-refractivity contribution in [3.8, 4) is 0 Å². The van der Waals surface area contributed by atoms with Gasteiger partial charge in [-0.3, -0.25) is 19.2 Å². The molecule has 39 heavy (non-hydrogen) atoms. The number of hydrogen-bond donors (Lipinski definition) is 2. The highest BCUT2D eigenvalue weighted by Crippen LogP contribution is 2.27. The number of carbonyl (C=O) groups is 4. The third-order valence-electron chi connectivity index (χ3n) is 6.52. The molecular formula is C30H35N3O6. The van der Waals surface area contributed by atoms with Crippen LogP contribution >= 0.6 is 0 Å². The number of benzene rings is 2. The van der Waals surface area contributed by atoms with Gasteiger partial charge in [0, 0.05) is 29.3 Å². The fraction of sp³-hybridized carbons (Fsp3) is 0.400. The van der Waals surface area contributed by atoms with E-state index in [1.54, 1.807) is 25.7 Å². The van der Waals surface area contributed by atoms with Crippen molar-refractivity contribution in [2.75, 3.05) is 24.6 Å². The van der Waals surface area contributed by atoms with Gasteiger partial charge in [0.25, 0.3) is 5.91 Å². The molecule has 0 fully saturated rings. The predicted octanol–water partition coefficient (Wildman–Crippen LogP) is 3.70. The zero-order valence-corrected chi connectivity index (χ0v) is 22.6. The molecule has 0 spiro atoms. The smallest absolute Gasteiger partial charge is 0.325 e. The first-order valence-corrected chi connectivity index (χ1v) is 13.2. The van der Waals surface area contributed by atoms with E-state index in [0.29, 0.717) is 6.54 Å². The number of para-hydroxylation sites is 2. The number of esters is 2. The van der Waals surface area contributed by atoms with Crippen molar-refractivity contribution in [2.45, 2.75) is 52.1 Å². The molecule has 0 radical (unpaired) electrons. The molecule has 1 aliphatic rings. The first kappa shape index (κ1) is 27.9. The number of nitrogens with zero attached hydrogens (tertiary/aromatic N) is 1. The fourth-order valence-corrected chi connectivity index (χ4v) is 4.78. The zero-order chi connectivity index (χ0) is 28.0. The Bertz CT molecular complexity index is 1360. The largest absolute Gasteiger partial charge is 0.460 e. The maximum atomic E-state index is 13.1. The van der Waals surface area contributed by atoms with E-state index in [9.17, 15) is 19.2 Å². The summed E-state index contributed by atoms with van der Waals surface area (Å²) in [6.45, 7) is 5.02. The van der Waals surface area contributed by atoms with Crippen molar-refractivity contribution < 1.29 is 28.7 Å². The minimum atomic E-state index is -0.765. The van der Waals surface area contributed by atoms with Gasteiger partial charge in [-0.25, -0.2) is 0 Å². The molecule has 2 N–H and O–H groups in total.